The standard InChI is InChI=1S/C19H18N4O4/c1-12(24)21-13-7-9-15(10-8-13)27-19(26)16-11-17(18(20)25)23(22-16)14-5-3-2-4-6-14/h2-10,17H,11H2,1H3,(H2,20,25)(H,21,24)/t17-/m1/s1. The Morgan fingerprint density at radius 2 is 1.78 bits per heavy atom. The molecule has 0 unspecified atom stereocenters. The van der Waals surface area contributed by atoms with E-state index in [1.165, 1.54) is 11.9 Å². The highest BCUT2D eigenvalue weighted by Gasteiger charge is 2.35. The van der Waals surface area contributed by atoms with Crippen LogP contribution in [0.2, 0.25) is 0 Å². The van der Waals surface area contributed by atoms with Crippen molar-refractivity contribution in [2.24, 2.45) is 10.8 Å². The maximum atomic E-state index is 12.4. The van der Waals surface area contributed by atoms with Gasteiger partial charge in [0.15, 0.2) is 0 Å². The molecule has 0 saturated carbocycles. The fourth-order valence-electron chi connectivity index (χ4n) is 2.65. The van der Waals surface area contributed by atoms with Crippen LogP contribution in [0.3, 0.4) is 0 Å². The van der Waals surface area contributed by atoms with E-state index in [1.54, 1.807) is 48.5 Å². The van der Waals surface area contributed by atoms with E-state index >= 15 is 0 Å². The molecule has 2 aromatic rings. The fraction of sp³-hybridized carbons (Fsp3) is 0.158. The van der Waals surface area contributed by atoms with Crippen molar-refractivity contribution in [1.29, 1.82) is 0 Å². The number of carbonyl (C=O) groups excluding carboxylic acids is 3. The van der Waals surface area contributed by atoms with Gasteiger partial charge in [0.1, 0.15) is 17.5 Å². The third-order valence-electron chi connectivity index (χ3n) is 3.88. The van der Waals surface area contributed by atoms with Crippen molar-refractivity contribution in [3.8, 4) is 5.75 Å². The molecule has 1 aliphatic rings. The van der Waals surface area contributed by atoms with Gasteiger partial charge in [0, 0.05) is 19.0 Å². The topological polar surface area (TPSA) is 114 Å². The molecule has 2 amide bonds. The lowest BCUT2D eigenvalue weighted by Gasteiger charge is -2.20. The summed E-state index contributed by atoms with van der Waals surface area (Å²) in [4.78, 5) is 35.2. The monoisotopic (exact) mass is 366 g/mol. The van der Waals surface area contributed by atoms with Gasteiger partial charge in [0.25, 0.3) is 0 Å². The average Bonchev–Trinajstić information content (AvgIpc) is 3.09. The zero-order chi connectivity index (χ0) is 19.4. The summed E-state index contributed by atoms with van der Waals surface area (Å²) in [5, 5.41) is 8.28. The number of hydrogen-bond donors (Lipinski definition) is 2. The first-order valence-corrected chi connectivity index (χ1v) is 8.25. The molecule has 0 bridgehead atoms. The molecule has 0 spiro atoms. The molecule has 0 fully saturated rings. The van der Waals surface area contributed by atoms with Gasteiger partial charge in [-0.3, -0.25) is 14.6 Å². The molecule has 27 heavy (non-hydrogen) atoms. The summed E-state index contributed by atoms with van der Waals surface area (Å²) in [6, 6.07) is 14.6. The van der Waals surface area contributed by atoms with Crippen molar-refractivity contribution in [1.82, 2.24) is 0 Å². The highest BCUT2D eigenvalue weighted by atomic mass is 16.5. The van der Waals surface area contributed by atoms with Crippen LogP contribution in [0.15, 0.2) is 59.7 Å². The van der Waals surface area contributed by atoms with Gasteiger partial charge in [-0.2, -0.15) is 5.10 Å². The van der Waals surface area contributed by atoms with Crippen LogP contribution in [0.5, 0.6) is 5.75 Å². The van der Waals surface area contributed by atoms with Crippen LogP contribution in [0.25, 0.3) is 0 Å². The largest absolute Gasteiger partial charge is 0.422 e. The fourth-order valence-corrected chi connectivity index (χ4v) is 2.65. The zero-order valence-electron chi connectivity index (χ0n) is 14.6. The number of nitrogens with one attached hydrogen (secondary N) is 1. The Labute approximate surface area is 155 Å². The second kappa shape index (κ2) is 7.69. The van der Waals surface area contributed by atoms with E-state index in [0.717, 1.165) is 0 Å². The van der Waals surface area contributed by atoms with Gasteiger partial charge in [-0.1, -0.05) is 18.2 Å². The highest BCUT2D eigenvalue weighted by molar-refractivity contribution is 6.38. The van der Waals surface area contributed by atoms with Crippen molar-refractivity contribution in [3.05, 3.63) is 54.6 Å². The Hall–Kier alpha value is -3.68. The molecule has 1 heterocycles. The average molecular weight is 366 g/mol. The number of esters is 1. The predicted octanol–water partition coefficient (Wildman–Crippen LogP) is 1.67. The summed E-state index contributed by atoms with van der Waals surface area (Å²) < 4.78 is 5.31. The number of nitrogens with two attached hydrogens (primary N) is 1. The summed E-state index contributed by atoms with van der Waals surface area (Å²) in [6.07, 6.45) is 0.0625. The summed E-state index contributed by atoms with van der Waals surface area (Å²) in [5.41, 5.74) is 6.81. The summed E-state index contributed by atoms with van der Waals surface area (Å²) in [5.74, 6) is -1.14. The van der Waals surface area contributed by atoms with Crippen molar-refractivity contribution < 1.29 is 19.1 Å². The molecule has 1 atom stereocenters. The van der Waals surface area contributed by atoms with Gasteiger partial charge in [0.05, 0.1) is 5.69 Å². The number of carbonyl (C=O) groups is 3. The van der Waals surface area contributed by atoms with Gasteiger partial charge in [-0.25, -0.2) is 4.79 Å². The Morgan fingerprint density at radius 1 is 1.11 bits per heavy atom. The number of ether oxygens (including phenoxy) is 1. The van der Waals surface area contributed by atoms with E-state index in [2.05, 4.69) is 10.4 Å². The van der Waals surface area contributed by atoms with Gasteiger partial charge < -0.3 is 15.8 Å². The highest BCUT2D eigenvalue weighted by Crippen LogP contribution is 2.25. The number of anilines is 2. The molecular weight excluding hydrogens is 348 g/mol. The molecule has 2 aromatic carbocycles. The number of rotatable bonds is 5. The maximum absolute atomic E-state index is 12.4. The minimum Gasteiger partial charge on any atom is -0.422 e. The Kier molecular flexibility index (Phi) is 5.16. The van der Waals surface area contributed by atoms with Crippen LogP contribution in [0.1, 0.15) is 13.3 Å². The first kappa shape index (κ1) is 18.1. The predicted molar refractivity (Wildman–Crippen MR) is 100 cm³/mol. The zero-order valence-corrected chi connectivity index (χ0v) is 14.6. The number of benzene rings is 2. The van der Waals surface area contributed by atoms with Gasteiger partial charge in [0.2, 0.25) is 11.8 Å². The van der Waals surface area contributed by atoms with Crippen LogP contribution < -0.4 is 20.8 Å². The van der Waals surface area contributed by atoms with E-state index in [0.29, 0.717) is 17.1 Å². The lowest BCUT2D eigenvalue weighted by atomic mass is 10.1. The second-order valence-corrected chi connectivity index (χ2v) is 5.94. The molecule has 0 aromatic heterocycles. The molecule has 3 rings (SSSR count). The minimum atomic E-state index is -0.753. The lowest BCUT2D eigenvalue weighted by molar-refractivity contribution is -0.127. The number of primary amides is 1. The molecule has 1 aliphatic heterocycles. The molecular formula is C19H18N4O4. The second-order valence-electron chi connectivity index (χ2n) is 5.94. The van der Waals surface area contributed by atoms with Crippen LogP contribution in [0.4, 0.5) is 11.4 Å². The minimum absolute atomic E-state index is 0.0625. The van der Waals surface area contributed by atoms with Crippen LogP contribution in [0, 0.1) is 0 Å². The smallest absolute Gasteiger partial charge is 0.359 e. The number of para-hydroxylation sites is 1. The van der Waals surface area contributed by atoms with Gasteiger partial charge >= 0.3 is 5.97 Å². The summed E-state index contributed by atoms with van der Waals surface area (Å²) in [6.45, 7) is 1.40. The summed E-state index contributed by atoms with van der Waals surface area (Å²) >= 11 is 0. The first-order valence-electron chi connectivity index (χ1n) is 8.25. The number of hydrazone groups is 1. The normalized spacial score (nSPS) is 15.8. The Balaban J connectivity index is 1.74. The van der Waals surface area contributed by atoms with Gasteiger partial charge in [-0.15, -0.1) is 0 Å². The van der Waals surface area contributed by atoms with Crippen molar-refractivity contribution in [2.75, 3.05) is 10.3 Å². The van der Waals surface area contributed by atoms with Crippen LogP contribution in [-0.2, 0) is 14.4 Å². The van der Waals surface area contributed by atoms with E-state index in [4.69, 9.17) is 10.5 Å². The SMILES string of the molecule is CC(=O)Nc1ccc(OC(=O)C2=NN(c3ccccc3)[C@@H](C(N)=O)C2)cc1. The van der Waals surface area contributed by atoms with E-state index < -0.39 is 17.9 Å². The first-order chi connectivity index (χ1) is 12.9. The molecule has 3 N–H and O–H groups in total. The maximum Gasteiger partial charge on any atom is 0.359 e. The molecule has 0 radical (unpaired) electrons. The summed E-state index contributed by atoms with van der Waals surface area (Å²) in [7, 11) is 0. The van der Waals surface area contributed by atoms with Crippen molar-refractivity contribution in [2.45, 2.75) is 19.4 Å². The van der Waals surface area contributed by atoms with E-state index in [-0.39, 0.29) is 18.0 Å². The Morgan fingerprint density at radius 3 is 2.37 bits per heavy atom. The number of nitrogens with zero attached hydrogens (tertiary/aromatic N) is 2. The molecule has 8 heteroatoms. The van der Waals surface area contributed by atoms with Crippen LogP contribution >= 0.6 is 0 Å². The van der Waals surface area contributed by atoms with Gasteiger partial charge in [-0.05, 0) is 36.4 Å². The molecule has 0 aliphatic carbocycles. The van der Waals surface area contributed by atoms with Crippen LogP contribution in [-0.4, -0.2) is 29.5 Å². The lowest BCUT2D eigenvalue weighted by Crippen LogP contribution is -2.39. The quantitative estimate of drug-likeness (QED) is 0.617. The Bertz CT molecular complexity index is 894. The van der Waals surface area contributed by atoms with Crippen molar-refractivity contribution >= 4 is 34.9 Å². The molecule has 8 nitrogen and oxygen atoms in total. The molecule has 0 saturated heterocycles. The third-order valence-corrected chi connectivity index (χ3v) is 3.88. The third kappa shape index (κ3) is 4.30. The number of amides is 2. The van der Waals surface area contributed by atoms with Crippen molar-refractivity contribution in [3.63, 3.8) is 0 Å². The molecule has 138 valence electrons. The van der Waals surface area contributed by atoms with E-state index in [9.17, 15) is 14.4 Å². The number of hydrogen-bond acceptors (Lipinski definition) is 6. The van der Waals surface area contributed by atoms with E-state index in [1.807, 2.05) is 6.07 Å².